The Morgan fingerprint density at radius 3 is 2.35 bits per heavy atom. The van der Waals surface area contributed by atoms with Crippen molar-refractivity contribution in [3.63, 3.8) is 0 Å². The van der Waals surface area contributed by atoms with Gasteiger partial charge in [0.25, 0.3) is 5.91 Å². The van der Waals surface area contributed by atoms with Gasteiger partial charge < -0.3 is 5.32 Å². The number of hydrogen-bond donors (Lipinski definition) is 1. The second-order valence-corrected chi connectivity index (χ2v) is 8.18. The van der Waals surface area contributed by atoms with Crippen LogP contribution >= 0.6 is 0 Å². The normalized spacial score (nSPS) is 18.9. The number of sulfonamides is 1. The van der Waals surface area contributed by atoms with Crippen LogP contribution in [-0.4, -0.2) is 32.5 Å². The summed E-state index contributed by atoms with van der Waals surface area (Å²) in [6.45, 7) is 5.87. The molecule has 126 valence electrons. The van der Waals surface area contributed by atoms with Gasteiger partial charge in [0.2, 0.25) is 15.9 Å². The van der Waals surface area contributed by atoms with Crippen LogP contribution in [0, 0.1) is 5.41 Å². The van der Waals surface area contributed by atoms with E-state index < -0.39 is 21.3 Å². The third-order valence-electron chi connectivity index (χ3n) is 3.76. The summed E-state index contributed by atoms with van der Waals surface area (Å²) in [4.78, 5) is 24.2. The van der Waals surface area contributed by atoms with Crippen molar-refractivity contribution in [2.24, 2.45) is 5.41 Å². The van der Waals surface area contributed by atoms with Crippen molar-refractivity contribution in [3.8, 4) is 0 Å². The molecule has 0 spiro atoms. The summed E-state index contributed by atoms with van der Waals surface area (Å²) in [5.41, 5.74) is -0.228. The third kappa shape index (κ3) is 3.55. The minimum atomic E-state index is -3.66. The molecule has 0 aromatic heterocycles. The highest BCUT2D eigenvalue weighted by molar-refractivity contribution is 7.94. The van der Waals surface area contributed by atoms with Gasteiger partial charge in [-0.25, -0.2) is 12.7 Å². The second kappa shape index (κ2) is 6.31. The Morgan fingerprint density at radius 1 is 1.26 bits per heavy atom. The standard InChI is InChI=1S/C16H22N2O4S/c1-4-5-10-17-14(19)12-6-8-13(9-7-12)18-15(20)16(2,3)11-23(18,21)22/h6-9H,4-5,10-11H2,1-3H3,(H,17,19). The first-order valence-electron chi connectivity index (χ1n) is 7.65. The molecule has 6 nitrogen and oxygen atoms in total. The van der Waals surface area contributed by atoms with Crippen LogP contribution in [0.5, 0.6) is 0 Å². The summed E-state index contributed by atoms with van der Waals surface area (Å²) >= 11 is 0. The Morgan fingerprint density at radius 2 is 1.87 bits per heavy atom. The van der Waals surface area contributed by atoms with Crippen molar-refractivity contribution in [2.45, 2.75) is 33.6 Å². The lowest BCUT2D eigenvalue weighted by Crippen LogP contribution is -2.33. The van der Waals surface area contributed by atoms with E-state index in [0.29, 0.717) is 12.1 Å². The molecule has 1 N–H and O–H groups in total. The molecule has 1 aliphatic heterocycles. The van der Waals surface area contributed by atoms with Crippen molar-refractivity contribution in [3.05, 3.63) is 29.8 Å². The average Bonchev–Trinajstić information content (AvgIpc) is 2.63. The van der Waals surface area contributed by atoms with Gasteiger partial charge in [-0.15, -0.1) is 0 Å². The second-order valence-electron chi connectivity index (χ2n) is 6.37. The summed E-state index contributed by atoms with van der Waals surface area (Å²) in [5, 5.41) is 2.79. The number of carbonyl (C=O) groups excluding carboxylic acids is 2. The first-order valence-corrected chi connectivity index (χ1v) is 9.25. The van der Waals surface area contributed by atoms with Crippen LogP contribution in [0.1, 0.15) is 44.0 Å². The van der Waals surface area contributed by atoms with Gasteiger partial charge in [0.15, 0.2) is 0 Å². The number of unbranched alkanes of at least 4 members (excludes halogenated alkanes) is 1. The van der Waals surface area contributed by atoms with E-state index in [1.165, 1.54) is 24.3 Å². The maximum absolute atomic E-state index is 12.3. The zero-order chi connectivity index (χ0) is 17.3. The van der Waals surface area contributed by atoms with Crippen LogP contribution in [0.15, 0.2) is 24.3 Å². The fraction of sp³-hybridized carbons (Fsp3) is 0.500. The molecule has 2 rings (SSSR count). The fourth-order valence-electron chi connectivity index (χ4n) is 2.49. The number of amides is 2. The molecule has 1 saturated heterocycles. The lowest BCUT2D eigenvalue weighted by molar-refractivity contribution is -0.123. The van der Waals surface area contributed by atoms with E-state index in [1.54, 1.807) is 13.8 Å². The number of benzene rings is 1. The SMILES string of the molecule is CCCCNC(=O)c1ccc(N2C(=O)C(C)(C)CS2(=O)=O)cc1. The van der Waals surface area contributed by atoms with E-state index in [2.05, 4.69) is 5.32 Å². The van der Waals surface area contributed by atoms with E-state index in [4.69, 9.17) is 0 Å². The van der Waals surface area contributed by atoms with Crippen LogP contribution < -0.4 is 9.62 Å². The van der Waals surface area contributed by atoms with Gasteiger partial charge in [0, 0.05) is 12.1 Å². The molecule has 0 atom stereocenters. The highest BCUT2D eigenvalue weighted by Gasteiger charge is 2.49. The summed E-state index contributed by atoms with van der Waals surface area (Å²) in [6.07, 6.45) is 1.89. The smallest absolute Gasteiger partial charge is 0.251 e. The average molecular weight is 338 g/mol. The van der Waals surface area contributed by atoms with Crippen molar-refractivity contribution >= 4 is 27.5 Å². The van der Waals surface area contributed by atoms with E-state index in [-0.39, 0.29) is 17.3 Å². The molecule has 0 unspecified atom stereocenters. The molecule has 1 aromatic rings. The first-order chi connectivity index (χ1) is 10.7. The molecule has 1 aromatic carbocycles. The van der Waals surface area contributed by atoms with Gasteiger partial charge in [-0.3, -0.25) is 9.59 Å². The number of anilines is 1. The number of hydrogen-bond acceptors (Lipinski definition) is 4. The van der Waals surface area contributed by atoms with Gasteiger partial charge in [-0.1, -0.05) is 13.3 Å². The van der Waals surface area contributed by atoms with Crippen molar-refractivity contribution in [1.82, 2.24) is 5.32 Å². The van der Waals surface area contributed by atoms with Crippen molar-refractivity contribution in [1.29, 1.82) is 0 Å². The molecular formula is C16H22N2O4S. The Labute approximate surface area is 136 Å². The minimum Gasteiger partial charge on any atom is -0.352 e. The first kappa shape index (κ1) is 17.5. The Bertz CT molecular complexity index is 708. The number of rotatable bonds is 5. The predicted octanol–water partition coefficient (Wildman–Crippen LogP) is 1.92. The number of nitrogens with zero attached hydrogens (tertiary/aromatic N) is 1. The molecule has 2 amide bonds. The van der Waals surface area contributed by atoms with Crippen molar-refractivity contribution in [2.75, 3.05) is 16.6 Å². The minimum absolute atomic E-state index is 0.207. The van der Waals surface area contributed by atoms with Gasteiger partial charge >= 0.3 is 0 Å². The molecule has 0 aliphatic carbocycles. The molecule has 0 saturated carbocycles. The zero-order valence-electron chi connectivity index (χ0n) is 13.6. The fourth-order valence-corrected chi connectivity index (χ4v) is 4.60. The Hall–Kier alpha value is -1.89. The van der Waals surface area contributed by atoms with Gasteiger partial charge in [-0.05, 0) is 44.5 Å². The van der Waals surface area contributed by atoms with E-state index in [0.717, 1.165) is 17.1 Å². The van der Waals surface area contributed by atoms with Crippen LogP contribution in [0.25, 0.3) is 0 Å². The Kier molecular flexibility index (Phi) is 4.79. The maximum Gasteiger partial charge on any atom is 0.251 e. The predicted molar refractivity (Wildman–Crippen MR) is 88.7 cm³/mol. The largest absolute Gasteiger partial charge is 0.352 e. The van der Waals surface area contributed by atoms with Gasteiger partial charge in [0.1, 0.15) is 0 Å². The molecule has 0 bridgehead atoms. The number of carbonyl (C=O) groups is 2. The molecule has 0 radical (unpaired) electrons. The molecular weight excluding hydrogens is 316 g/mol. The van der Waals surface area contributed by atoms with E-state index in [1.807, 2.05) is 6.92 Å². The topological polar surface area (TPSA) is 83.6 Å². The highest BCUT2D eigenvalue weighted by Crippen LogP contribution is 2.35. The monoisotopic (exact) mass is 338 g/mol. The summed E-state index contributed by atoms with van der Waals surface area (Å²) in [5.74, 6) is -0.864. The van der Waals surface area contributed by atoms with Crippen LogP contribution in [0.2, 0.25) is 0 Å². The third-order valence-corrected chi connectivity index (χ3v) is 5.78. The van der Waals surface area contributed by atoms with Gasteiger partial charge in [0.05, 0.1) is 16.9 Å². The molecule has 23 heavy (non-hydrogen) atoms. The summed E-state index contributed by atoms with van der Waals surface area (Å²) in [7, 11) is -3.66. The summed E-state index contributed by atoms with van der Waals surface area (Å²) < 4.78 is 25.3. The maximum atomic E-state index is 12.3. The van der Waals surface area contributed by atoms with E-state index in [9.17, 15) is 18.0 Å². The zero-order valence-corrected chi connectivity index (χ0v) is 14.4. The lowest BCUT2D eigenvalue weighted by Gasteiger charge is -2.17. The molecule has 7 heteroatoms. The van der Waals surface area contributed by atoms with Crippen molar-refractivity contribution < 1.29 is 18.0 Å². The number of nitrogens with one attached hydrogen (secondary N) is 1. The quantitative estimate of drug-likeness (QED) is 0.831. The summed E-state index contributed by atoms with van der Waals surface area (Å²) in [6, 6.07) is 6.05. The van der Waals surface area contributed by atoms with Crippen LogP contribution in [-0.2, 0) is 14.8 Å². The molecule has 1 heterocycles. The van der Waals surface area contributed by atoms with E-state index >= 15 is 0 Å². The highest BCUT2D eigenvalue weighted by atomic mass is 32.2. The lowest BCUT2D eigenvalue weighted by atomic mass is 9.95. The van der Waals surface area contributed by atoms with Gasteiger partial charge in [-0.2, -0.15) is 0 Å². The van der Waals surface area contributed by atoms with Crippen LogP contribution in [0.3, 0.4) is 0 Å². The molecule has 1 aliphatic rings. The molecule has 1 fully saturated rings. The van der Waals surface area contributed by atoms with Crippen LogP contribution in [0.4, 0.5) is 5.69 Å². The Balaban J connectivity index is 2.20.